The zero-order valence-electron chi connectivity index (χ0n) is 11.5. The SMILES string of the molecule is CC(C)n1c(C2CC2)nc(-c2c(Cl)cccc2Cl)c1N. The zero-order valence-corrected chi connectivity index (χ0v) is 13.0. The molecule has 1 aromatic carbocycles. The van der Waals surface area contributed by atoms with E-state index < -0.39 is 0 Å². The molecule has 106 valence electrons. The minimum Gasteiger partial charge on any atom is -0.383 e. The molecule has 0 spiro atoms. The van der Waals surface area contributed by atoms with Gasteiger partial charge in [-0.2, -0.15) is 0 Å². The van der Waals surface area contributed by atoms with E-state index in [4.69, 9.17) is 33.9 Å². The van der Waals surface area contributed by atoms with Gasteiger partial charge >= 0.3 is 0 Å². The summed E-state index contributed by atoms with van der Waals surface area (Å²) in [6.45, 7) is 4.23. The van der Waals surface area contributed by atoms with Crippen molar-refractivity contribution in [2.75, 3.05) is 5.73 Å². The lowest BCUT2D eigenvalue weighted by Gasteiger charge is -2.13. The van der Waals surface area contributed by atoms with E-state index in [1.54, 1.807) is 0 Å². The van der Waals surface area contributed by atoms with Gasteiger partial charge in [-0.05, 0) is 38.8 Å². The van der Waals surface area contributed by atoms with Crippen LogP contribution in [0.15, 0.2) is 18.2 Å². The summed E-state index contributed by atoms with van der Waals surface area (Å²) in [5, 5.41) is 1.17. The molecular formula is C15H17Cl2N3. The Hall–Kier alpha value is -1.19. The molecule has 0 atom stereocenters. The van der Waals surface area contributed by atoms with E-state index in [0.29, 0.717) is 27.5 Å². The largest absolute Gasteiger partial charge is 0.383 e. The normalized spacial score (nSPS) is 15.1. The van der Waals surface area contributed by atoms with Crippen LogP contribution in [-0.4, -0.2) is 9.55 Å². The highest BCUT2D eigenvalue weighted by molar-refractivity contribution is 6.39. The van der Waals surface area contributed by atoms with Crippen LogP contribution in [0, 0.1) is 0 Å². The van der Waals surface area contributed by atoms with E-state index in [2.05, 4.69) is 18.4 Å². The summed E-state index contributed by atoms with van der Waals surface area (Å²) in [5.41, 5.74) is 7.76. The van der Waals surface area contributed by atoms with Crippen LogP contribution >= 0.6 is 23.2 Å². The number of rotatable bonds is 3. The minimum atomic E-state index is 0.271. The van der Waals surface area contributed by atoms with Gasteiger partial charge < -0.3 is 10.3 Å². The van der Waals surface area contributed by atoms with Crippen molar-refractivity contribution in [3.05, 3.63) is 34.1 Å². The second-order valence-corrected chi connectivity index (χ2v) is 6.35. The van der Waals surface area contributed by atoms with Crippen LogP contribution in [0.2, 0.25) is 10.0 Å². The molecule has 20 heavy (non-hydrogen) atoms. The van der Waals surface area contributed by atoms with Gasteiger partial charge in [-0.15, -0.1) is 0 Å². The van der Waals surface area contributed by atoms with Gasteiger partial charge in [0, 0.05) is 17.5 Å². The average molecular weight is 310 g/mol. The number of nitrogens with zero attached hydrogens (tertiary/aromatic N) is 2. The van der Waals surface area contributed by atoms with Gasteiger partial charge in [0.15, 0.2) is 0 Å². The number of hydrogen-bond donors (Lipinski definition) is 1. The molecule has 2 N–H and O–H groups in total. The Labute approximate surface area is 128 Å². The van der Waals surface area contributed by atoms with Crippen molar-refractivity contribution < 1.29 is 0 Å². The van der Waals surface area contributed by atoms with E-state index in [0.717, 1.165) is 11.4 Å². The topological polar surface area (TPSA) is 43.8 Å². The van der Waals surface area contributed by atoms with Crippen LogP contribution in [0.25, 0.3) is 11.3 Å². The molecule has 1 saturated carbocycles. The first-order valence-corrected chi connectivity index (χ1v) is 7.58. The molecule has 0 bridgehead atoms. The van der Waals surface area contributed by atoms with Crippen molar-refractivity contribution in [2.45, 2.75) is 38.6 Å². The van der Waals surface area contributed by atoms with Crippen molar-refractivity contribution in [3.63, 3.8) is 0 Å². The van der Waals surface area contributed by atoms with Crippen molar-refractivity contribution in [2.24, 2.45) is 0 Å². The summed E-state index contributed by atoms with van der Waals surface area (Å²) in [6.07, 6.45) is 2.36. The molecule has 0 unspecified atom stereocenters. The van der Waals surface area contributed by atoms with Gasteiger partial charge in [0.05, 0.1) is 10.0 Å². The fraction of sp³-hybridized carbons (Fsp3) is 0.400. The Balaban J connectivity index is 2.22. The fourth-order valence-electron chi connectivity index (χ4n) is 2.54. The highest BCUT2D eigenvalue weighted by atomic mass is 35.5. The maximum atomic E-state index is 6.32. The van der Waals surface area contributed by atoms with Crippen LogP contribution in [0.4, 0.5) is 5.82 Å². The third-order valence-electron chi connectivity index (χ3n) is 3.63. The molecule has 1 aromatic heterocycles. The first kappa shape index (κ1) is 13.8. The maximum absolute atomic E-state index is 6.32. The number of halogens is 2. The third kappa shape index (κ3) is 2.19. The molecule has 2 aromatic rings. The summed E-state index contributed by atoms with van der Waals surface area (Å²) >= 11 is 12.6. The van der Waals surface area contributed by atoms with Gasteiger partial charge in [-0.3, -0.25) is 0 Å². The lowest BCUT2D eigenvalue weighted by molar-refractivity contribution is 0.576. The zero-order chi connectivity index (χ0) is 14.4. The molecule has 3 rings (SSSR count). The first-order chi connectivity index (χ1) is 9.50. The molecule has 0 amide bonds. The van der Waals surface area contributed by atoms with Gasteiger partial charge in [-0.1, -0.05) is 29.3 Å². The predicted octanol–water partition coefficient (Wildman–Crippen LogP) is 4.90. The quantitative estimate of drug-likeness (QED) is 0.876. The Morgan fingerprint density at radius 2 is 1.85 bits per heavy atom. The van der Waals surface area contributed by atoms with Crippen LogP contribution in [0.5, 0.6) is 0 Å². The fourth-order valence-corrected chi connectivity index (χ4v) is 3.12. The Kier molecular flexibility index (Phi) is 3.43. The molecule has 1 aliphatic carbocycles. The molecular weight excluding hydrogens is 293 g/mol. The molecule has 0 aliphatic heterocycles. The molecule has 0 saturated heterocycles. The van der Waals surface area contributed by atoms with Gasteiger partial charge in [0.2, 0.25) is 0 Å². The molecule has 1 fully saturated rings. The number of anilines is 1. The summed E-state index contributed by atoms with van der Waals surface area (Å²) < 4.78 is 2.10. The number of aromatic nitrogens is 2. The Morgan fingerprint density at radius 3 is 2.35 bits per heavy atom. The summed E-state index contributed by atoms with van der Waals surface area (Å²) in [7, 11) is 0. The second kappa shape index (κ2) is 4.97. The van der Waals surface area contributed by atoms with Gasteiger partial charge in [0.1, 0.15) is 17.3 Å². The van der Waals surface area contributed by atoms with E-state index in [1.165, 1.54) is 12.8 Å². The third-order valence-corrected chi connectivity index (χ3v) is 4.26. The smallest absolute Gasteiger partial charge is 0.132 e. The number of hydrogen-bond acceptors (Lipinski definition) is 2. The first-order valence-electron chi connectivity index (χ1n) is 6.82. The van der Waals surface area contributed by atoms with E-state index in [1.807, 2.05) is 18.2 Å². The van der Waals surface area contributed by atoms with Crippen molar-refractivity contribution in [1.29, 1.82) is 0 Å². The molecule has 0 radical (unpaired) electrons. The van der Waals surface area contributed by atoms with Crippen molar-refractivity contribution in [3.8, 4) is 11.3 Å². The highest BCUT2D eigenvalue weighted by Crippen LogP contribution is 2.45. The summed E-state index contributed by atoms with van der Waals surface area (Å²) in [6, 6.07) is 5.72. The van der Waals surface area contributed by atoms with Crippen LogP contribution < -0.4 is 5.73 Å². The van der Waals surface area contributed by atoms with E-state index >= 15 is 0 Å². The monoisotopic (exact) mass is 309 g/mol. The Morgan fingerprint density at radius 1 is 1.25 bits per heavy atom. The standard InChI is InChI=1S/C15H17Cl2N3/c1-8(2)20-14(18)13(19-15(20)9-6-7-9)12-10(16)4-3-5-11(12)17/h3-5,8-9H,6-7,18H2,1-2H3. The lowest BCUT2D eigenvalue weighted by atomic mass is 10.1. The van der Waals surface area contributed by atoms with Crippen LogP contribution in [0.3, 0.4) is 0 Å². The van der Waals surface area contributed by atoms with E-state index in [-0.39, 0.29) is 6.04 Å². The van der Waals surface area contributed by atoms with Gasteiger partial charge in [-0.25, -0.2) is 4.98 Å². The molecule has 1 heterocycles. The van der Waals surface area contributed by atoms with Crippen molar-refractivity contribution in [1.82, 2.24) is 9.55 Å². The van der Waals surface area contributed by atoms with Gasteiger partial charge in [0.25, 0.3) is 0 Å². The maximum Gasteiger partial charge on any atom is 0.132 e. The van der Waals surface area contributed by atoms with Crippen LogP contribution in [-0.2, 0) is 0 Å². The summed E-state index contributed by atoms with van der Waals surface area (Å²) in [5.74, 6) is 2.23. The summed E-state index contributed by atoms with van der Waals surface area (Å²) in [4.78, 5) is 4.75. The number of benzene rings is 1. The second-order valence-electron chi connectivity index (χ2n) is 5.54. The number of nitrogen functional groups attached to an aromatic ring is 1. The number of imidazole rings is 1. The highest BCUT2D eigenvalue weighted by Gasteiger charge is 2.32. The molecule has 3 nitrogen and oxygen atoms in total. The average Bonchev–Trinajstić information content (AvgIpc) is 3.15. The van der Waals surface area contributed by atoms with Crippen LogP contribution in [0.1, 0.15) is 44.5 Å². The molecule has 5 heteroatoms. The van der Waals surface area contributed by atoms with E-state index in [9.17, 15) is 0 Å². The minimum absolute atomic E-state index is 0.271. The van der Waals surface area contributed by atoms with Crippen molar-refractivity contribution >= 4 is 29.0 Å². The number of nitrogens with two attached hydrogens (primary N) is 1. The predicted molar refractivity (Wildman–Crippen MR) is 84.5 cm³/mol. The molecule has 1 aliphatic rings. The Bertz CT molecular complexity index is 637. The lowest BCUT2D eigenvalue weighted by Crippen LogP contribution is -2.08.